The van der Waals surface area contributed by atoms with Gasteiger partial charge in [0, 0.05) is 31.6 Å². The van der Waals surface area contributed by atoms with Gasteiger partial charge in [-0.1, -0.05) is 23.4 Å². The van der Waals surface area contributed by atoms with Crippen LogP contribution in [0.1, 0.15) is 11.3 Å². The summed E-state index contributed by atoms with van der Waals surface area (Å²) < 4.78 is 7.48. The fourth-order valence-electron chi connectivity index (χ4n) is 2.52. The molecule has 0 saturated heterocycles. The lowest BCUT2D eigenvalue weighted by Crippen LogP contribution is -2.39. The van der Waals surface area contributed by atoms with Crippen LogP contribution in [0.15, 0.2) is 30.5 Å². The second-order valence-electron chi connectivity index (χ2n) is 5.13. The number of nitrogens with zero attached hydrogens (tertiary/aromatic N) is 3. The molecule has 2 N–H and O–H groups in total. The molecule has 1 aliphatic heterocycles. The van der Waals surface area contributed by atoms with Crippen LogP contribution < -0.4 is 10.5 Å². The van der Waals surface area contributed by atoms with E-state index in [0.717, 1.165) is 24.3 Å². The van der Waals surface area contributed by atoms with Crippen molar-refractivity contribution in [3.8, 4) is 5.75 Å². The van der Waals surface area contributed by atoms with E-state index < -0.39 is 0 Å². The monoisotopic (exact) mass is 258 g/mol. The highest BCUT2D eigenvalue weighted by Crippen LogP contribution is 2.28. The number of aryl methyl sites for hydroxylation is 1. The molecule has 1 aromatic heterocycles. The van der Waals surface area contributed by atoms with Crippen LogP contribution >= 0.6 is 0 Å². The summed E-state index contributed by atoms with van der Waals surface area (Å²) >= 11 is 0. The van der Waals surface area contributed by atoms with Gasteiger partial charge in [-0.05, 0) is 18.1 Å². The van der Waals surface area contributed by atoms with Crippen molar-refractivity contribution in [2.75, 3.05) is 6.61 Å². The van der Waals surface area contributed by atoms with Crippen molar-refractivity contribution in [1.29, 1.82) is 0 Å². The molecule has 5 heteroatoms. The van der Waals surface area contributed by atoms with Crippen LogP contribution in [0.2, 0.25) is 0 Å². The molecule has 2 unspecified atom stereocenters. The summed E-state index contributed by atoms with van der Waals surface area (Å²) in [6.45, 7) is 0.679. The molecule has 0 amide bonds. The molecule has 5 nitrogen and oxygen atoms in total. The summed E-state index contributed by atoms with van der Waals surface area (Å²) in [7, 11) is 1.86. The second-order valence-corrected chi connectivity index (χ2v) is 5.13. The van der Waals surface area contributed by atoms with Gasteiger partial charge in [0.2, 0.25) is 0 Å². The molecule has 1 aromatic carbocycles. The Morgan fingerprint density at radius 2 is 2.32 bits per heavy atom. The van der Waals surface area contributed by atoms with Crippen molar-refractivity contribution in [1.82, 2.24) is 15.0 Å². The molecule has 0 saturated carbocycles. The highest BCUT2D eigenvalue weighted by atomic mass is 16.5. The highest BCUT2D eigenvalue weighted by Gasteiger charge is 2.25. The number of fused-ring (bicyclic) bond motifs is 1. The number of para-hydroxylation sites is 1. The molecule has 19 heavy (non-hydrogen) atoms. The van der Waals surface area contributed by atoms with Crippen LogP contribution in [0.4, 0.5) is 0 Å². The third kappa shape index (κ3) is 2.61. The Hall–Kier alpha value is -1.88. The zero-order chi connectivity index (χ0) is 13.2. The smallest absolute Gasteiger partial charge is 0.122 e. The van der Waals surface area contributed by atoms with Crippen LogP contribution in [0, 0.1) is 5.92 Å². The van der Waals surface area contributed by atoms with Gasteiger partial charge in [-0.2, -0.15) is 0 Å². The van der Waals surface area contributed by atoms with Gasteiger partial charge >= 0.3 is 0 Å². The Balaban J connectivity index is 1.67. The van der Waals surface area contributed by atoms with Crippen LogP contribution in [0.3, 0.4) is 0 Å². The zero-order valence-electron chi connectivity index (χ0n) is 11.0. The quantitative estimate of drug-likeness (QED) is 0.889. The number of hydrogen-bond donors (Lipinski definition) is 1. The maximum Gasteiger partial charge on any atom is 0.122 e. The van der Waals surface area contributed by atoms with E-state index >= 15 is 0 Å². The van der Waals surface area contributed by atoms with E-state index in [-0.39, 0.29) is 6.04 Å². The van der Waals surface area contributed by atoms with E-state index in [1.54, 1.807) is 4.68 Å². The first kappa shape index (κ1) is 12.2. The van der Waals surface area contributed by atoms with Gasteiger partial charge < -0.3 is 10.5 Å². The number of ether oxygens (including phenoxy) is 1. The molecule has 0 bridgehead atoms. The van der Waals surface area contributed by atoms with E-state index in [9.17, 15) is 0 Å². The summed E-state index contributed by atoms with van der Waals surface area (Å²) in [5, 5.41) is 8.02. The van der Waals surface area contributed by atoms with E-state index in [4.69, 9.17) is 10.5 Å². The van der Waals surface area contributed by atoms with E-state index in [2.05, 4.69) is 16.4 Å². The molecular weight excluding hydrogens is 240 g/mol. The van der Waals surface area contributed by atoms with E-state index in [1.165, 1.54) is 5.56 Å². The summed E-state index contributed by atoms with van der Waals surface area (Å²) in [6.07, 6.45) is 3.62. The first-order chi connectivity index (χ1) is 9.22. The van der Waals surface area contributed by atoms with Crippen LogP contribution in [0.25, 0.3) is 0 Å². The average Bonchev–Trinajstić information content (AvgIpc) is 2.83. The van der Waals surface area contributed by atoms with Crippen molar-refractivity contribution in [2.45, 2.75) is 18.9 Å². The Morgan fingerprint density at radius 3 is 3.11 bits per heavy atom. The van der Waals surface area contributed by atoms with Gasteiger partial charge in [-0.3, -0.25) is 4.68 Å². The molecule has 0 radical (unpaired) electrons. The largest absolute Gasteiger partial charge is 0.493 e. The topological polar surface area (TPSA) is 66.0 Å². The normalized spacial score (nSPS) is 19.6. The summed E-state index contributed by atoms with van der Waals surface area (Å²) in [5.74, 6) is 1.32. The lowest BCUT2D eigenvalue weighted by molar-refractivity contribution is 0.198. The standard InChI is InChI=1S/C14H18N4O/c1-18-8-12(16-17-18)7-13(15)11-6-10-4-2-3-5-14(10)19-9-11/h2-5,8,11,13H,6-7,9,15H2,1H3. The molecule has 0 fully saturated rings. The van der Waals surface area contributed by atoms with Crippen molar-refractivity contribution < 1.29 is 4.74 Å². The van der Waals surface area contributed by atoms with Gasteiger partial charge in [0.15, 0.2) is 0 Å². The Kier molecular flexibility index (Phi) is 3.21. The minimum Gasteiger partial charge on any atom is -0.493 e. The summed E-state index contributed by atoms with van der Waals surface area (Å²) in [4.78, 5) is 0. The Morgan fingerprint density at radius 1 is 1.47 bits per heavy atom. The van der Waals surface area contributed by atoms with Gasteiger partial charge in [0.05, 0.1) is 12.3 Å². The van der Waals surface area contributed by atoms with Crippen LogP contribution in [-0.2, 0) is 19.9 Å². The molecule has 2 atom stereocenters. The number of hydrogen-bond acceptors (Lipinski definition) is 4. The van der Waals surface area contributed by atoms with Gasteiger partial charge in [-0.25, -0.2) is 0 Å². The minimum atomic E-state index is 0.0463. The predicted molar refractivity (Wildman–Crippen MR) is 71.8 cm³/mol. The van der Waals surface area contributed by atoms with E-state index in [0.29, 0.717) is 12.5 Å². The molecule has 100 valence electrons. The first-order valence-electron chi connectivity index (χ1n) is 6.54. The maximum atomic E-state index is 6.29. The second kappa shape index (κ2) is 5.01. The predicted octanol–water partition coefficient (Wildman–Crippen LogP) is 0.936. The van der Waals surface area contributed by atoms with Crippen molar-refractivity contribution in [3.63, 3.8) is 0 Å². The number of rotatable bonds is 3. The number of nitrogens with two attached hydrogens (primary N) is 1. The molecule has 0 spiro atoms. The van der Waals surface area contributed by atoms with Crippen molar-refractivity contribution in [2.24, 2.45) is 18.7 Å². The number of benzene rings is 1. The lowest BCUT2D eigenvalue weighted by atomic mass is 9.89. The molecule has 2 aromatic rings. The highest BCUT2D eigenvalue weighted by molar-refractivity contribution is 5.35. The van der Waals surface area contributed by atoms with Gasteiger partial charge in [-0.15, -0.1) is 5.10 Å². The average molecular weight is 258 g/mol. The summed E-state index contributed by atoms with van der Waals surface area (Å²) in [6, 6.07) is 8.21. The third-order valence-electron chi connectivity index (χ3n) is 3.61. The van der Waals surface area contributed by atoms with Gasteiger partial charge in [0.25, 0.3) is 0 Å². The summed E-state index contributed by atoms with van der Waals surface area (Å²) in [5.41, 5.74) is 8.47. The van der Waals surface area contributed by atoms with Gasteiger partial charge in [0.1, 0.15) is 5.75 Å². The minimum absolute atomic E-state index is 0.0463. The fraction of sp³-hybridized carbons (Fsp3) is 0.429. The molecular formula is C14H18N4O. The molecule has 2 heterocycles. The van der Waals surface area contributed by atoms with Crippen molar-refractivity contribution >= 4 is 0 Å². The fourth-order valence-corrected chi connectivity index (χ4v) is 2.52. The first-order valence-corrected chi connectivity index (χ1v) is 6.54. The zero-order valence-corrected chi connectivity index (χ0v) is 11.0. The van der Waals surface area contributed by atoms with E-state index in [1.807, 2.05) is 31.4 Å². The van der Waals surface area contributed by atoms with Crippen LogP contribution in [-0.4, -0.2) is 27.6 Å². The maximum absolute atomic E-state index is 6.29. The number of aromatic nitrogens is 3. The SMILES string of the molecule is Cn1cc(CC(N)C2COc3ccccc3C2)nn1. The molecule has 1 aliphatic rings. The van der Waals surface area contributed by atoms with Crippen molar-refractivity contribution in [3.05, 3.63) is 41.7 Å². The molecule has 3 rings (SSSR count). The Bertz CT molecular complexity index is 566. The molecule has 0 aliphatic carbocycles. The lowest BCUT2D eigenvalue weighted by Gasteiger charge is -2.29. The Labute approximate surface area is 112 Å². The van der Waals surface area contributed by atoms with Crippen LogP contribution in [0.5, 0.6) is 5.75 Å². The third-order valence-corrected chi connectivity index (χ3v) is 3.61.